The number of nitrogens with one attached hydrogen (secondary N) is 1. The summed E-state index contributed by atoms with van der Waals surface area (Å²) >= 11 is 0. The highest BCUT2D eigenvalue weighted by atomic mass is 16.5. The van der Waals surface area contributed by atoms with E-state index in [2.05, 4.69) is 36.3 Å². The number of hydrogen-bond donors (Lipinski definition) is 1. The van der Waals surface area contributed by atoms with Crippen molar-refractivity contribution < 1.29 is 9.53 Å². The fraction of sp³-hybridized carbons (Fsp3) is 0.476. The van der Waals surface area contributed by atoms with E-state index >= 15 is 0 Å². The van der Waals surface area contributed by atoms with Crippen LogP contribution in [0.25, 0.3) is 5.69 Å². The van der Waals surface area contributed by atoms with E-state index in [1.165, 1.54) is 6.42 Å². The predicted molar refractivity (Wildman–Crippen MR) is 104 cm³/mol. The van der Waals surface area contributed by atoms with Crippen LogP contribution in [0.5, 0.6) is 5.75 Å². The van der Waals surface area contributed by atoms with E-state index in [9.17, 15) is 4.79 Å². The number of hydrazone groups is 1. The second-order valence-electron chi connectivity index (χ2n) is 8.31. The fourth-order valence-corrected chi connectivity index (χ4v) is 4.60. The maximum absolute atomic E-state index is 12.3. The number of hydrogen-bond acceptors (Lipinski definition) is 4. The molecule has 1 heterocycles. The van der Waals surface area contributed by atoms with Crippen molar-refractivity contribution in [3.05, 3.63) is 43.0 Å². The molecule has 27 heavy (non-hydrogen) atoms. The second kappa shape index (κ2) is 6.51. The zero-order chi connectivity index (χ0) is 19.1. The van der Waals surface area contributed by atoms with Gasteiger partial charge in [-0.05, 0) is 42.7 Å². The number of aromatic nitrogens is 2. The normalized spacial score (nSPS) is 27.1. The van der Waals surface area contributed by atoms with Gasteiger partial charge in [0.1, 0.15) is 5.75 Å². The average molecular weight is 366 g/mol. The Morgan fingerprint density at radius 2 is 2.19 bits per heavy atom. The Balaban J connectivity index is 1.39. The minimum atomic E-state index is -0.243. The van der Waals surface area contributed by atoms with Crippen LogP contribution < -0.4 is 10.2 Å². The van der Waals surface area contributed by atoms with Crippen LogP contribution in [0, 0.1) is 16.7 Å². The van der Waals surface area contributed by atoms with Gasteiger partial charge in [-0.2, -0.15) is 5.10 Å². The van der Waals surface area contributed by atoms with Gasteiger partial charge in [0.25, 0.3) is 5.91 Å². The fourth-order valence-electron chi connectivity index (χ4n) is 4.60. The third-order valence-electron chi connectivity index (χ3n) is 6.83. The molecule has 6 heteroatoms. The second-order valence-corrected chi connectivity index (χ2v) is 8.31. The molecule has 1 aromatic carbocycles. The first-order valence-corrected chi connectivity index (χ1v) is 9.48. The summed E-state index contributed by atoms with van der Waals surface area (Å²) in [6, 6.07) is 7.57. The van der Waals surface area contributed by atoms with Gasteiger partial charge in [0.15, 0.2) is 6.61 Å². The molecule has 2 aromatic rings. The summed E-state index contributed by atoms with van der Waals surface area (Å²) in [5.74, 6) is 1.05. The lowest BCUT2D eigenvalue weighted by molar-refractivity contribution is -0.123. The number of amides is 1. The lowest BCUT2D eigenvalue weighted by Crippen LogP contribution is -2.35. The molecule has 2 atom stereocenters. The van der Waals surface area contributed by atoms with E-state index in [1.807, 2.05) is 35.0 Å². The standard InChI is InChI=1S/C21H26N4O2/c1-20(2)15-8-9-21(20,3)18(12-15)23-24-19(26)13-27-17-7-5-4-6-16(17)25-11-10-22-14-25/h4-7,10-11,14-15H,8-9,12-13H2,1-3H3,(H,24,26)/t15-,21+/m0/s1. The van der Waals surface area contributed by atoms with Gasteiger partial charge < -0.3 is 9.30 Å². The monoisotopic (exact) mass is 366 g/mol. The number of rotatable bonds is 5. The lowest BCUT2D eigenvalue weighted by atomic mass is 9.70. The van der Waals surface area contributed by atoms with Gasteiger partial charge in [-0.3, -0.25) is 4.79 Å². The highest BCUT2D eigenvalue weighted by Crippen LogP contribution is 2.63. The minimum Gasteiger partial charge on any atom is -0.482 e. The SMILES string of the molecule is CC1(C)[C@H]2CC[C@]1(C)C(=NNC(=O)COc1ccccc1-n1ccnc1)C2. The van der Waals surface area contributed by atoms with Crippen molar-refractivity contribution in [3.8, 4) is 11.4 Å². The predicted octanol–water partition coefficient (Wildman–Crippen LogP) is 3.57. The first kappa shape index (κ1) is 17.8. The van der Waals surface area contributed by atoms with Crippen LogP contribution in [-0.4, -0.2) is 27.8 Å². The van der Waals surface area contributed by atoms with Crippen LogP contribution in [0.1, 0.15) is 40.0 Å². The molecule has 0 radical (unpaired) electrons. The van der Waals surface area contributed by atoms with Crippen LogP contribution in [-0.2, 0) is 4.79 Å². The van der Waals surface area contributed by atoms with Gasteiger partial charge in [0.2, 0.25) is 0 Å². The molecule has 0 spiro atoms. The molecule has 1 amide bonds. The Bertz CT molecular complexity index is 872. The van der Waals surface area contributed by atoms with Gasteiger partial charge in [-0.1, -0.05) is 32.9 Å². The summed E-state index contributed by atoms with van der Waals surface area (Å²) in [6.07, 6.45) is 8.63. The van der Waals surface area contributed by atoms with E-state index < -0.39 is 0 Å². The van der Waals surface area contributed by atoms with E-state index in [4.69, 9.17) is 4.74 Å². The molecular formula is C21H26N4O2. The van der Waals surface area contributed by atoms with Gasteiger partial charge in [-0.15, -0.1) is 0 Å². The van der Waals surface area contributed by atoms with E-state index in [1.54, 1.807) is 12.5 Å². The molecule has 2 aliphatic rings. The van der Waals surface area contributed by atoms with Gasteiger partial charge in [0, 0.05) is 23.5 Å². The number of nitrogens with zero attached hydrogens (tertiary/aromatic N) is 3. The van der Waals surface area contributed by atoms with Crippen molar-refractivity contribution in [1.82, 2.24) is 15.0 Å². The number of imidazole rings is 1. The summed E-state index contributed by atoms with van der Waals surface area (Å²) in [4.78, 5) is 16.3. The van der Waals surface area contributed by atoms with Crippen LogP contribution in [0.4, 0.5) is 0 Å². The molecule has 0 unspecified atom stereocenters. The molecule has 4 rings (SSSR count). The molecule has 2 fully saturated rings. The minimum absolute atomic E-state index is 0.0774. The summed E-state index contributed by atoms with van der Waals surface area (Å²) in [6.45, 7) is 6.85. The molecule has 0 saturated heterocycles. The third-order valence-corrected chi connectivity index (χ3v) is 6.83. The summed E-state index contributed by atoms with van der Waals surface area (Å²) < 4.78 is 7.59. The highest BCUT2D eigenvalue weighted by Gasteiger charge is 2.60. The molecule has 2 saturated carbocycles. The summed E-state index contributed by atoms with van der Waals surface area (Å²) in [5, 5.41) is 4.48. The Hall–Kier alpha value is -2.63. The Kier molecular flexibility index (Phi) is 4.29. The molecule has 2 bridgehead atoms. The Morgan fingerprint density at radius 3 is 2.85 bits per heavy atom. The zero-order valence-electron chi connectivity index (χ0n) is 16.1. The summed E-state index contributed by atoms with van der Waals surface area (Å²) in [7, 11) is 0. The van der Waals surface area contributed by atoms with Crippen molar-refractivity contribution in [3.63, 3.8) is 0 Å². The van der Waals surface area contributed by atoms with Gasteiger partial charge in [-0.25, -0.2) is 10.4 Å². The van der Waals surface area contributed by atoms with Crippen molar-refractivity contribution in [1.29, 1.82) is 0 Å². The van der Waals surface area contributed by atoms with Crippen LogP contribution >= 0.6 is 0 Å². The molecule has 2 aliphatic carbocycles. The third kappa shape index (κ3) is 2.93. The first-order valence-electron chi connectivity index (χ1n) is 9.48. The number of fused-ring (bicyclic) bond motifs is 2. The molecule has 142 valence electrons. The molecule has 1 aromatic heterocycles. The van der Waals surface area contributed by atoms with Crippen LogP contribution in [0.15, 0.2) is 48.1 Å². The number of benzene rings is 1. The Labute approximate surface area is 159 Å². The topological polar surface area (TPSA) is 68.5 Å². The number of ether oxygens (including phenoxy) is 1. The van der Waals surface area contributed by atoms with E-state index in [-0.39, 0.29) is 23.3 Å². The van der Waals surface area contributed by atoms with E-state index in [0.717, 1.165) is 24.2 Å². The van der Waals surface area contributed by atoms with Gasteiger partial charge in [0.05, 0.1) is 12.0 Å². The maximum atomic E-state index is 12.3. The largest absolute Gasteiger partial charge is 0.482 e. The zero-order valence-corrected chi connectivity index (χ0v) is 16.1. The quantitative estimate of drug-likeness (QED) is 0.823. The molecule has 0 aliphatic heterocycles. The smallest absolute Gasteiger partial charge is 0.277 e. The van der Waals surface area contributed by atoms with Crippen molar-refractivity contribution in [2.75, 3.05) is 6.61 Å². The number of carbonyl (C=O) groups excluding carboxylic acids is 1. The first-order chi connectivity index (χ1) is 12.9. The maximum Gasteiger partial charge on any atom is 0.277 e. The molecular weight excluding hydrogens is 340 g/mol. The number of para-hydroxylation sites is 2. The summed E-state index contributed by atoms with van der Waals surface area (Å²) in [5.41, 5.74) is 5.00. The van der Waals surface area contributed by atoms with Crippen LogP contribution in [0.3, 0.4) is 0 Å². The van der Waals surface area contributed by atoms with Crippen molar-refractivity contribution in [2.45, 2.75) is 40.0 Å². The van der Waals surface area contributed by atoms with Crippen molar-refractivity contribution >= 4 is 11.6 Å². The lowest BCUT2D eigenvalue weighted by Gasteiger charge is -2.34. The molecule has 1 N–H and O–H groups in total. The van der Waals surface area contributed by atoms with Crippen LogP contribution in [0.2, 0.25) is 0 Å². The van der Waals surface area contributed by atoms with Crippen molar-refractivity contribution in [2.24, 2.45) is 21.8 Å². The average Bonchev–Trinajstić information content (AvgIpc) is 3.31. The molecule has 6 nitrogen and oxygen atoms in total. The Morgan fingerprint density at radius 1 is 1.37 bits per heavy atom. The van der Waals surface area contributed by atoms with Gasteiger partial charge >= 0.3 is 0 Å². The highest BCUT2D eigenvalue weighted by molar-refractivity contribution is 5.95. The number of carbonyl (C=O) groups is 1. The van der Waals surface area contributed by atoms with E-state index in [0.29, 0.717) is 11.7 Å².